The molecule has 5 heteroatoms. The lowest BCUT2D eigenvalue weighted by Crippen LogP contribution is -2.23. The number of para-hydroxylation sites is 1. The molecule has 0 radical (unpaired) electrons. The van der Waals surface area contributed by atoms with Crippen molar-refractivity contribution in [3.05, 3.63) is 78.5 Å². The van der Waals surface area contributed by atoms with Gasteiger partial charge in [0.25, 0.3) is 5.56 Å². The van der Waals surface area contributed by atoms with Gasteiger partial charge in [0.15, 0.2) is 0 Å². The second kappa shape index (κ2) is 6.91. The molecule has 0 fully saturated rings. The lowest BCUT2D eigenvalue weighted by molar-refractivity contribution is 0.811. The average molecular weight is 393 g/mol. The third kappa shape index (κ3) is 3.17. The SMILES string of the molecule is Cc1cc(-c2cnn(-c3ccccc3)c(=O)c2-c2cc(C)sc2C)c(C)s1. The van der Waals surface area contributed by atoms with Crippen LogP contribution in [0.1, 0.15) is 19.5 Å². The summed E-state index contributed by atoms with van der Waals surface area (Å²) in [5, 5.41) is 4.51. The predicted octanol–water partition coefficient (Wildman–Crippen LogP) is 5.92. The van der Waals surface area contributed by atoms with Crippen LogP contribution in [-0.2, 0) is 0 Å². The second-order valence-corrected chi connectivity index (χ2v) is 9.56. The van der Waals surface area contributed by atoms with Gasteiger partial charge in [-0.05, 0) is 57.5 Å². The minimum absolute atomic E-state index is 0.0807. The number of rotatable bonds is 3. The zero-order valence-corrected chi connectivity index (χ0v) is 17.4. The van der Waals surface area contributed by atoms with E-state index < -0.39 is 0 Å². The molecule has 3 heterocycles. The number of benzene rings is 1. The average Bonchev–Trinajstić information content (AvgIpc) is 3.15. The second-order valence-electron chi connectivity index (χ2n) is 6.64. The van der Waals surface area contributed by atoms with Gasteiger partial charge in [-0.15, -0.1) is 22.7 Å². The Morgan fingerprint density at radius 3 is 1.96 bits per heavy atom. The zero-order valence-electron chi connectivity index (χ0n) is 15.7. The first-order chi connectivity index (χ1) is 13.0. The molecule has 4 aromatic rings. The molecule has 1 aromatic carbocycles. The van der Waals surface area contributed by atoms with Gasteiger partial charge >= 0.3 is 0 Å². The Hall–Kier alpha value is -2.50. The van der Waals surface area contributed by atoms with E-state index in [1.165, 1.54) is 19.3 Å². The molecule has 0 bridgehead atoms. The number of nitrogens with zero attached hydrogens (tertiary/aromatic N) is 2. The molecule has 0 saturated heterocycles. The van der Waals surface area contributed by atoms with Crippen molar-refractivity contribution in [3.8, 4) is 27.9 Å². The van der Waals surface area contributed by atoms with Crippen molar-refractivity contribution in [1.82, 2.24) is 9.78 Å². The predicted molar refractivity (Wildman–Crippen MR) is 115 cm³/mol. The molecule has 0 aliphatic carbocycles. The smallest absolute Gasteiger partial charge is 0.267 e. The van der Waals surface area contributed by atoms with Gasteiger partial charge in [0, 0.05) is 30.6 Å². The van der Waals surface area contributed by atoms with Gasteiger partial charge in [-0.1, -0.05) is 18.2 Å². The summed E-state index contributed by atoms with van der Waals surface area (Å²) in [5.74, 6) is 0. The highest BCUT2D eigenvalue weighted by atomic mass is 32.1. The number of hydrogen-bond donors (Lipinski definition) is 0. The summed E-state index contributed by atoms with van der Waals surface area (Å²) in [6.07, 6.45) is 1.84. The number of hydrogen-bond acceptors (Lipinski definition) is 4. The number of thiophene rings is 2. The Labute approximate surface area is 166 Å². The van der Waals surface area contributed by atoms with Crippen LogP contribution in [0.4, 0.5) is 0 Å². The fourth-order valence-corrected chi connectivity index (χ4v) is 5.32. The normalized spacial score (nSPS) is 11.1. The molecule has 0 N–H and O–H groups in total. The molecule has 0 atom stereocenters. The quantitative estimate of drug-likeness (QED) is 0.433. The van der Waals surface area contributed by atoms with Crippen molar-refractivity contribution in [3.63, 3.8) is 0 Å². The Morgan fingerprint density at radius 2 is 1.41 bits per heavy atom. The summed E-state index contributed by atoms with van der Waals surface area (Å²) in [6.45, 7) is 8.36. The van der Waals surface area contributed by atoms with Crippen LogP contribution in [0.5, 0.6) is 0 Å². The summed E-state index contributed by atoms with van der Waals surface area (Å²) in [5.41, 5.74) is 4.45. The molecule has 4 rings (SSSR count). The third-order valence-electron chi connectivity index (χ3n) is 4.62. The van der Waals surface area contributed by atoms with Gasteiger partial charge in [0.05, 0.1) is 17.4 Å². The van der Waals surface area contributed by atoms with Crippen LogP contribution in [0.15, 0.2) is 53.5 Å². The monoisotopic (exact) mass is 392 g/mol. The van der Waals surface area contributed by atoms with E-state index in [4.69, 9.17) is 0 Å². The van der Waals surface area contributed by atoms with Crippen LogP contribution >= 0.6 is 22.7 Å². The molecule has 136 valence electrons. The molecule has 0 saturated carbocycles. The summed E-state index contributed by atoms with van der Waals surface area (Å²) >= 11 is 3.47. The molecular weight excluding hydrogens is 372 g/mol. The van der Waals surface area contributed by atoms with Gasteiger partial charge < -0.3 is 0 Å². The highest BCUT2D eigenvalue weighted by Crippen LogP contribution is 2.38. The van der Waals surface area contributed by atoms with Gasteiger partial charge in [-0.2, -0.15) is 9.78 Å². The lowest BCUT2D eigenvalue weighted by Gasteiger charge is -2.12. The van der Waals surface area contributed by atoms with Crippen LogP contribution in [-0.4, -0.2) is 9.78 Å². The maximum absolute atomic E-state index is 13.6. The first kappa shape index (κ1) is 17.9. The first-order valence-corrected chi connectivity index (χ1v) is 10.4. The van der Waals surface area contributed by atoms with E-state index in [0.29, 0.717) is 0 Å². The first-order valence-electron chi connectivity index (χ1n) is 8.78. The van der Waals surface area contributed by atoms with Crippen molar-refractivity contribution in [2.75, 3.05) is 0 Å². The van der Waals surface area contributed by atoms with Crippen molar-refractivity contribution >= 4 is 22.7 Å². The maximum atomic E-state index is 13.6. The Balaban J connectivity index is 2.06. The molecule has 27 heavy (non-hydrogen) atoms. The summed E-state index contributed by atoms with van der Waals surface area (Å²) < 4.78 is 1.50. The van der Waals surface area contributed by atoms with Gasteiger partial charge in [0.2, 0.25) is 0 Å². The minimum atomic E-state index is -0.0807. The van der Waals surface area contributed by atoms with E-state index in [9.17, 15) is 4.79 Å². The van der Waals surface area contributed by atoms with Crippen LogP contribution < -0.4 is 5.56 Å². The van der Waals surface area contributed by atoms with Gasteiger partial charge in [0.1, 0.15) is 0 Å². The third-order valence-corrected chi connectivity index (χ3v) is 6.55. The summed E-state index contributed by atoms with van der Waals surface area (Å²) in [4.78, 5) is 18.3. The van der Waals surface area contributed by atoms with Gasteiger partial charge in [-0.25, -0.2) is 0 Å². The Bertz CT molecular complexity index is 1180. The number of aromatic nitrogens is 2. The van der Waals surface area contributed by atoms with E-state index in [2.05, 4.69) is 44.9 Å². The van der Waals surface area contributed by atoms with Crippen molar-refractivity contribution < 1.29 is 0 Å². The Morgan fingerprint density at radius 1 is 0.815 bits per heavy atom. The maximum Gasteiger partial charge on any atom is 0.280 e. The van der Waals surface area contributed by atoms with Gasteiger partial charge in [-0.3, -0.25) is 4.79 Å². The number of aryl methyl sites for hydroxylation is 4. The minimum Gasteiger partial charge on any atom is -0.267 e. The fraction of sp³-hybridized carbons (Fsp3) is 0.182. The van der Waals surface area contributed by atoms with E-state index in [1.807, 2.05) is 36.5 Å². The van der Waals surface area contributed by atoms with E-state index in [-0.39, 0.29) is 5.56 Å². The van der Waals surface area contributed by atoms with Crippen molar-refractivity contribution in [2.45, 2.75) is 27.7 Å². The highest BCUT2D eigenvalue weighted by Gasteiger charge is 2.20. The lowest BCUT2D eigenvalue weighted by atomic mass is 9.97. The van der Waals surface area contributed by atoms with E-state index in [1.54, 1.807) is 22.7 Å². The fourth-order valence-electron chi connectivity index (χ4n) is 3.45. The molecular formula is C22H20N2OS2. The largest absolute Gasteiger partial charge is 0.280 e. The van der Waals surface area contributed by atoms with Crippen LogP contribution in [0, 0.1) is 27.7 Å². The van der Waals surface area contributed by atoms with Crippen LogP contribution in [0.3, 0.4) is 0 Å². The molecule has 3 aromatic heterocycles. The Kier molecular flexibility index (Phi) is 4.58. The summed E-state index contributed by atoms with van der Waals surface area (Å²) in [6, 6.07) is 13.9. The molecule has 0 unspecified atom stereocenters. The molecule has 0 amide bonds. The molecule has 0 aliphatic rings. The van der Waals surface area contributed by atoms with Crippen molar-refractivity contribution in [1.29, 1.82) is 0 Å². The van der Waals surface area contributed by atoms with Crippen LogP contribution in [0.2, 0.25) is 0 Å². The molecule has 3 nitrogen and oxygen atoms in total. The highest BCUT2D eigenvalue weighted by molar-refractivity contribution is 7.12. The topological polar surface area (TPSA) is 34.9 Å². The summed E-state index contributed by atoms with van der Waals surface area (Å²) in [7, 11) is 0. The zero-order chi connectivity index (χ0) is 19.1. The molecule has 0 spiro atoms. The van der Waals surface area contributed by atoms with E-state index in [0.717, 1.165) is 32.8 Å². The van der Waals surface area contributed by atoms with Crippen LogP contribution in [0.25, 0.3) is 27.9 Å². The standard InChI is InChI=1S/C22H20N2OS2/c1-13-10-18(15(3)26-13)20-12-23-24(17-8-6-5-7-9-17)22(25)21(20)19-11-14(2)27-16(19)4/h5-12H,1-4H3. The molecule has 0 aliphatic heterocycles. The van der Waals surface area contributed by atoms with E-state index >= 15 is 0 Å². The van der Waals surface area contributed by atoms with Crippen molar-refractivity contribution in [2.24, 2.45) is 0 Å².